The summed E-state index contributed by atoms with van der Waals surface area (Å²) in [6.45, 7) is 4.98. The van der Waals surface area contributed by atoms with Crippen molar-refractivity contribution in [2.75, 3.05) is 11.9 Å². The van der Waals surface area contributed by atoms with Crippen LogP contribution in [-0.4, -0.2) is 11.5 Å². The topological polar surface area (TPSA) is 24.9 Å². The lowest BCUT2D eigenvalue weighted by atomic mass is 10.2. The predicted octanol–water partition coefficient (Wildman–Crippen LogP) is 2.27. The number of hydrogen-bond acceptors (Lipinski definition) is 2. The summed E-state index contributed by atoms with van der Waals surface area (Å²) in [7, 11) is 0. The second-order valence-electron chi connectivity index (χ2n) is 2.62. The van der Waals surface area contributed by atoms with Crippen molar-refractivity contribution in [3.05, 3.63) is 23.9 Å². The Labute approximate surface area is 79.4 Å². The van der Waals surface area contributed by atoms with Crippen molar-refractivity contribution in [2.45, 2.75) is 20.3 Å². The molecule has 0 aliphatic heterocycles. The molecule has 0 aliphatic carbocycles. The maximum Gasteiger partial charge on any atom is 0.127 e. The molecule has 0 amide bonds. The third-order valence-electron chi connectivity index (χ3n) is 1.53. The van der Waals surface area contributed by atoms with Crippen molar-refractivity contribution in [2.24, 2.45) is 0 Å². The summed E-state index contributed by atoms with van der Waals surface area (Å²) in [5.41, 5.74) is 1.02. The Morgan fingerprint density at radius 2 is 2.31 bits per heavy atom. The summed E-state index contributed by atoms with van der Waals surface area (Å²) in [4.78, 5) is 4.16. The Balaban J connectivity index is 2.79. The molecule has 2 heteroatoms. The van der Waals surface area contributed by atoms with Gasteiger partial charge in [0, 0.05) is 24.7 Å². The van der Waals surface area contributed by atoms with Crippen LogP contribution in [0.25, 0.3) is 0 Å². The van der Waals surface area contributed by atoms with Gasteiger partial charge >= 0.3 is 0 Å². The third kappa shape index (κ3) is 3.16. The molecule has 68 valence electrons. The number of rotatable bonds is 2. The molecular weight excluding hydrogens is 160 g/mol. The fraction of sp³-hybridized carbons (Fsp3) is 0.364. The number of nitrogens with zero attached hydrogens (tertiary/aromatic N) is 1. The highest BCUT2D eigenvalue weighted by Crippen LogP contribution is 2.04. The molecule has 0 saturated heterocycles. The molecule has 0 fully saturated rings. The van der Waals surface area contributed by atoms with Gasteiger partial charge in [-0.2, -0.15) is 0 Å². The highest BCUT2D eigenvalue weighted by molar-refractivity contribution is 5.44. The molecule has 1 aromatic rings. The van der Waals surface area contributed by atoms with E-state index < -0.39 is 0 Å². The lowest BCUT2D eigenvalue weighted by molar-refractivity contribution is 1.16. The lowest BCUT2D eigenvalue weighted by Gasteiger charge is -2.00. The van der Waals surface area contributed by atoms with E-state index in [0.717, 1.165) is 24.3 Å². The molecule has 1 heterocycles. The third-order valence-corrected chi connectivity index (χ3v) is 1.53. The average molecular weight is 174 g/mol. The van der Waals surface area contributed by atoms with Gasteiger partial charge in [0.1, 0.15) is 5.82 Å². The minimum Gasteiger partial charge on any atom is -0.370 e. The fourth-order valence-corrected chi connectivity index (χ4v) is 0.977. The van der Waals surface area contributed by atoms with Gasteiger partial charge in [-0.05, 0) is 19.1 Å². The molecule has 0 saturated carbocycles. The molecule has 13 heavy (non-hydrogen) atoms. The Bertz CT molecular complexity index is 320. The van der Waals surface area contributed by atoms with E-state index in [4.69, 9.17) is 0 Å². The Kier molecular flexibility index (Phi) is 3.84. The van der Waals surface area contributed by atoms with Gasteiger partial charge in [-0.3, -0.25) is 0 Å². The zero-order valence-electron chi connectivity index (χ0n) is 8.09. The number of aromatic nitrogens is 1. The first-order valence-corrected chi connectivity index (χ1v) is 4.55. The molecule has 0 aromatic carbocycles. The summed E-state index contributed by atoms with van der Waals surface area (Å²) in [5.74, 6) is 6.99. The van der Waals surface area contributed by atoms with Crippen LogP contribution >= 0.6 is 0 Å². The first kappa shape index (κ1) is 9.60. The molecule has 0 unspecified atom stereocenters. The summed E-state index contributed by atoms with van der Waals surface area (Å²) in [5, 5.41) is 3.15. The van der Waals surface area contributed by atoms with Crippen LogP contribution in [0.4, 0.5) is 5.82 Å². The van der Waals surface area contributed by atoms with Crippen molar-refractivity contribution < 1.29 is 0 Å². The minimum absolute atomic E-state index is 0.887. The molecule has 0 bridgehead atoms. The number of anilines is 1. The van der Waals surface area contributed by atoms with Crippen LogP contribution in [0.3, 0.4) is 0 Å². The van der Waals surface area contributed by atoms with Gasteiger partial charge in [-0.15, -0.1) is 0 Å². The number of pyridine rings is 1. The molecule has 0 radical (unpaired) electrons. The van der Waals surface area contributed by atoms with Gasteiger partial charge < -0.3 is 5.32 Å². The van der Waals surface area contributed by atoms with Crippen molar-refractivity contribution >= 4 is 5.82 Å². The van der Waals surface area contributed by atoms with Crippen LogP contribution in [0.15, 0.2) is 18.3 Å². The molecule has 0 aliphatic rings. The second-order valence-corrected chi connectivity index (χ2v) is 2.62. The van der Waals surface area contributed by atoms with Crippen LogP contribution in [-0.2, 0) is 0 Å². The largest absolute Gasteiger partial charge is 0.370 e. The second kappa shape index (κ2) is 5.21. The monoisotopic (exact) mass is 174 g/mol. The van der Waals surface area contributed by atoms with E-state index in [2.05, 4.69) is 22.1 Å². The molecule has 2 nitrogen and oxygen atoms in total. The van der Waals surface area contributed by atoms with E-state index in [9.17, 15) is 0 Å². The lowest BCUT2D eigenvalue weighted by Crippen LogP contribution is -1.98. The number of nitrogens with one attached hydrogen (secondary N) is 1. The van der Waals surface area contributed by atoms with E-state index >= 15 is 0 Å². The maximum atomic E-state index is 4.16. The average Bonchev–Trinajstić information content (AvgIpc) is 2.16. The predicted molar refractivity (Wildman–Crippen MR) is 55.6 cm³/mol. The Hall–Kier alpha value is -1.49. The van der Waals surface area contributed by atoms with Crippen LogP contribution in [0.1, 0.15) is 25.8 Å². The molecule has 0 atom stereocenters. The van der Waals surface area contributed by atoms with Crippen LogP contribution in [0.2, 0.25) is 0 Å². The van der Waals surface area contributed by atoms with E-state index in [-0.39, 0.29) is 0 Å². The summed E-state index contributed by atoms with van der Waals surface area (Å²) >= 11 is 0. The van der Waals surface area contributed by atoms with Crippen molar-refractivity contribution in [1.29, 1.82) is 0 Å². The van der Waals surface area contributed by atoms with Gasteiger partial charge in [0.05, 0.1) is 0 Å². The standard InChI is InChI=1S/C11H14N2/c1-3-5-6-10-7-8-13-11(9-10)12-4-2/h7-9H,3-4H2,1-2H3,(H,12,13). The zero-order chi connectivity index (χ0) is 9.52. The summed E-state index contributed by atoms with van der Waals surface area (Å²) in [6, 6.07) is 3.88. The van der Waals surface area contributed by atoms with E-state index in [1.54, 1.807) is 6.20 Å². The van der Waals surface area contributed by atoms with Gasteiger partial charge in [0.15, 0.2) is 0 Å². The molecule has 1 rings (SSSR count). The molecule has 1 aromatic heterocycles. The summed E-state index contributed by atoms with van der Waals surface area (Å²) < 4.78 is 0. The van der Waals surface area contributed by atoms with Crippen molar-refractivity contribution in [1.82, 2.24) is 4.98 Å². The van der Waals surface area contributed by atoms with E-state index in [1.807, 2.05) is 26.0 Å². The van der Waals surface area contributed by atoms with Crippen molar-refractivity contribution in [3.63, 3.8) is 0 Å². The van der Waals surface area contributed by atoms with E-state index in [1.165, 1.54) is 0 Å². The SMILES string of the molecule is CCC#Cc1ccnc(NCC)c1. The van der Waals surface area contributed by atoms with Crippen LogP contribution in [0, 0.1) is 11.8 Å². The molecule has 1 N–H and O–H groups in total. The van der Waals surface area contributed by atoms with Gasteiger partial charge in [0.2, 0.25) is 0 Å². The van der Waals surface area contributed by atoms with Gasteiger partial charge in [-0.1, -0.05) is 18.8 Å². The first-order chi connectivity index (χ1) is 6.36. The highest BCUT2D eigenvalue weighted by Gasteiger charge is 1.91. The Morgan fingerprint density at radius 1 is 1.46 bits per heavy atom. The fourth-order valence-electron chi connectivity index (χ4n) is 0.977. The summed E-state index contributed by atoms with van der Waals surface area (Å²) in [6.07, 6.45) is 2.66. The van der Waals surface area contributed by atoms with Gasteiger partial charge in [-0.25, -0.2) is 4.98 Å². The quantitative estimate of drug-likeness (QED) is 0.696. The van der Waals surface area contributed by atoms with Crippen LogP contribution < -0.4 is 5.32 Å². The van der Waals surface area contributed by atoms with Gasteiger partial charge in [0.25, 0.3) is 0 Å². The Morgan fingerprint density at radius 3 is 3.00 bits per heavy atom. The number of hydrogen-bond donors (Lipinski definition) is 1. The highest BCUT2D eigenvalue weighted by atomic mass is 15.0. The minimum atomic E-state index is 0.887. The van der Waals surface area contributed by atoms with Crippen molar-refractivity contribution in [3.8, 4) is 11.8 Å². The van der Waals surface area contributed by atoms with E-state index in [0.29, 0.717) is 0 Å². The first-order valence-electron chi connectivity index (χ1n) is 4.55. The smallest absolute Gasteiger partial charge is 0.127 e. The molecular formula is C11H14N2. The molecule has 0 spiro atoms. The normalized spacial score (nSPS) is 8.77. The zero-order valence-corrected chi connectivity index (χ0v) is 8.09. The van der Waals surface area contributed by atoms with Crippen LogP contribution in [0.5, 0.6) is 0 Å². The maximum absolute atomic E-state index is 4.16.